The van der Waals surface area contributed by atoms with E-state index >= 15 is 0 Å². The van der Waals surface area contributed by atoms with Crippen molar-refractivity contribution >= 4 is 17.6 Å². The molecule has 1 N–H and O–H groups in total. The van der Waals surface area contributed by atoms with Crippen LogP contribution in [0.5, 0.6) is 11.5 Å². The highest BCUT2D eigenvalue weighted by Crippen LogP contribution is 2.38. The predicted octanol–water partition coefficient (Wildman–Crippen LogP) is 5.99. The van der Waals surface area contributed by atoms with Crippen LogP contribution in [0.1, 0.15) is 17.5 Å². The zero-order valence-corrected chi connectivity index (χ0v) is 15.4. The Bertz CT molecular complexity index is 996. The fourth-order valence-corrected chi connectivity index (χ4v) is 3.83. The molecule has 0 bridgehead atoms. The summed E-state index contributed by atoms with van der Waals surface area (Å²) in [6, 6.07) is 21.4. The zero-order chi connectivity index (χ0) is 18.8. The minimum absolute atomic E-state index is 0.317. The van der Waals surface area contributed by atoms with Crippen LogP contribution in [0.25, 0.3) is 11.1 Å². The van der Waals surface area contributed by atoms with Gasteiger partial charge in [-0.05, 0) is 54.7 Å². The van der Waals surface area contributed by atoms with Gasteiger partial charge in [0.25, 0.3) is 0 Å². The molecule has 1 unspecified atom stereocenters. The molecule has 3 nitrogen and oxygen atoms in total. The molecule has 0 aliphatic heterocycles. The van der Waals surface area contributed by atoms with Gasteiger partial charge in [-0.15, -0.1) is 0 Å². The van der Waals surface area contributed by atoms with Crippen LogP contribution in [-0.2, 0) is 17.6 Å². The molecule has 1 aliphatic rings. The van der Waals surface area contributed by atoms with Crippen LogP contribution in [0, 0.1) is 5.92 Å². The number of carboxylic acid groups (broad SMARTS) is 1. The van der Waals surface area contributed by atoms with Gasteiger partial charge in [-0.1, -0.05) is 54.1 Å². The summed E-state index contributed by atoms with van der Waals surface area (Å²) in [7, 11) is 0. The zero-order valence-electron chi connectivity index (χ0n) is 14.7. The maximum absolute atomic E-state index is 11.3. The fraction of sp³-hybridized carbons (Fsp3) is 0.174. The van der Waals surface area contributed by atoms with Gasteiger partial charge in [0, 0.05) is 16.1 Å². The summed E-state index contributed by atoms with van der Waals surface area (Å²) in [6.07, 6.45) is 2.04. The Morgan fingerprint density at radius 2 is 1.70 bits per heavy atom. The van der Waals surface area contributed by atoms with Crippen molar-refractivity contribution < 1.29 is 14.6 Å². The van der Waals surface area contributed by atoms with E-state index < -0.39 is 5.97 Å². The van der Waals surface area contributed by atoms with Crippen molar-refractivity contribution in [2.45, 2.75) is 19.3 Å². The van der Waals surface area contributed by atoms with Crippen molar-refractivity contribution in [3.05, 3.63) is 82.9 Å². The number of carbonyl (C=O) groups is 1. The Morgan fingerprint density at radius 3 is 2.48 bits per heavy atom. The lowest BCUT2D eigenvalue weighted by molar-refractivity contribution is -0.142. The van der Waals surface area contributed by atoms with Crippen molar-refractivity contribution in [1.82, 2.24) is 0 Å². The predicted molar refractivity (Wildman–Crippen MR) is 107 cm³/mol. The lowest BCUT2D eigenvalue weighted by Crippen LogP contribution is -2.22. The van der Waals surface area contributed by atoms with E-state index in [0.717, 1.165) is 28.9 Å². The highest BCUT2D eigenvalue weighted by Gasteiger charge is 2.24. The molecule has 0 spiro atoms. The highest BCUT2D eigenvalue weighted by atomic mass is 35.5. The number of para-hydroxylation sites is 1. The highest BCUT2D eigenvalue weighted by molar-refractivity contribution is 6.33. The molecule has 1 aliphatic carbocycles. The van der Waals surface area contributed by atoms with Crippen molar-refractivity contribution in [3.8, 4) is 22.6 Å². The van der Waals surface area contributed by atoms with Crippen molar-refractivity contribution in [1.29, 1.82) is 0 Å². The van der Waals surface area contributed by atoms with Crippen LogP contribution in [0.4, 0.5) is 0 Å². The Morgan fingerprint density at radius 1 is 0.963 bits per heavy atom. The SMILES string of the molecule is O=C(O)C1CCc2ccc(Oc3ccccc3-c3ccccc3Cl)cc2C1. The third-order valence-electron chi connectivity index (χ3n) is 5.03. The summed E-state index contributed by atoms with van der Waals surface area (Å²) in [5, 5.41) is 9.98. The normalized spacial score (nSPS) is 15.8. The van der Waals surface area contributed by atoms with Crippen molar-refractivity contribution in [2.24, 2.45) is 5.92 Å². The minimum atomic E-state index is -0.726. The third kappa shape index (κ3) is 3.69. The number of hydrogen-bond acceptors (Lipinski definition) is 2. The van der Waals surface area contributed by atoms with Crippen LogP contribution < -0.4 is 4.74 Å². The van der Waals surface area contributed by atoms with Gasteiger partial charge < -0.3 is 9.84 Å². The number of aryl methyl sites for hydroxylation is 1. The Labute approximate surface area is 163 Å². The maximum atomic E-state index is 11.3. The average molecular weight is 379 g/mol. The first-order valence-electron chi connectivity index (χ1n) is 8.98. The molecule has 4 rings (SSSR count). The Hall–Kier alpha value is -2.78. The first kappa shape index (κ1) is 17.6. The van der Waals surface area contributed by atoms with Crippen LogP contribution >= 0.6 is 11.6 Å². The van der Waals surface area contributed by atoms with Gasteiger partial charge in [0.15, 0.2) is 0 Å². The second-order valence-electron chi connectivity index (χ2n) is 6.79. The molecule has 0 heterocycles. The van der Waals surface area contributed by atoms with Crippen LogP contribution in [0.2, 0.25) is 5.02 Å². The van der Waals surface area contributed by atoms with E-state index in [4.69, 9.17) is 16.3 Å². The number of benzene rings is 3. The van der Waals surface area contributed by atoms with Crippen LogP contribution in [-0.4, -0.2) is 11.1 Å². The molecule has 4 heteroatoms. The lowest BCUT2D eigenvalue weighted by atomic mass is 9.84. The van der Waals surface area contributed by atoms with Gasteiger partial charge >= 0.3 is 5.97 Å². The molecule has 0 aromatic heterocycles. The summed E-state index contributed by atoms with van der Waals surface area (Å²) in [6.45, 7) is 0. The summed E-state index contributed by atoms with van der Waals surface area (Å²) in [4.78, 5) is 11.3. The number of halogens is 1. The van der Waals surface area contributed by atoms with E-state index in [1.807, 2.05) is 66.7 Å². The second-order valence-corrected chi connectivity index (χ2v) is 7.19. The molecule has 0 amide bonds. The van der Waals surface area contributed by atoms with Crippen molar-refractivity contribution in [2.75, 3.05) is 0 Å². The number of carboxylic acids is 1. The largest absolute Gasteiger partial charge is 0.481 e. The van der Waals surface area contributed by atoms with E-state index in [9.17, 15) is 9.90 Å². The van der Waals surface area contributed by atoms with Crippen LogP contribution in [0.3, 0.4) is 0 Å². The number of fused-ring (bicyclic) bond motifs is 1. The monoisotopic (exact) mass is 378 g/mol. The lowest BCUT2D eigenvalue weighted by Gasteiger charge is -2.22. The van der Waals surface area contributed by atoms with Crippen molar-refractivity contribution in [3.63, 3.8) is 0 Å². The molecular formula is C23H19ClO3. The quantitative estimate of drug-likeness (QED) is 0.606. The number of ether oxygens (including phenoxy) is 1. The standard InChI is InChI=1S/C23H19ClO3/c24-21-7-3-1-5-19(21)20-6-2-4-8-22(20)27-18-12-11-15-9-10-16(23(25)26)13-17(15)14-18/h1-8,11-12,14,16H,9-10,13H2,(H,25,26). The number of rotatable bonds is 4. The molecule has 0 radical (unpaired) electrons. The smallest absolute Gasteiger partial charge is 0.306 e. The van der Waals surface area contributed by atoms with Gasteiger partial charge in [-0.3, -0.25) is 4.79 Å². The van der Waals surface area contributed by atoms with Gasteiger partial charge in [0.2, 0.25) is 0 Å². The number of hydrogen-bond donors (Lipinski definition) is 1. The molecule has 0 saturated heterocycles. The molecule has 0 saturated carbocycles. The third-order valence-corrected chi connectivity index (χ3v) is 5.36. The van der Waals surface area contributed by atoms with E-state index in [1.54, 1.807) is 0 Å². The second kappa shape index (κ2) is 7.45. The fourth-order valence-electron chi connectivity index (χ4n) is 3.59. The van der Waals surface area contributed by atoms with E-state index in [2.05, 4.69) is 0 Å². The summed E-state index contributed by atoms with van der Waals surface area (Å²) < 4.78 is 6.17. The maximum Gasteiger partial charge on any atom is 0.306 e. The van der Waals surface area contributed by atoms with Gasteiger partial charge in [-0.2, -0.15) is 0 Å². The molecule has 3 aromatic carbocycles. The summed E-state index contributed by atoms with van der Waals surface area (Å²) in [5.74, 6) is 0.384. The Balaban J connectivity index is 1.66. The Kier molecular flexibility index (Phi) is 4.87. The first-order chi connectivity index (χ1) is 13.1. The average Bonchev–Trinajstić information content (AvgIpc) is 2.68. The first-order valence-corrected chi connectivity index (χ1v) is 9.36. The topological polar surface area (TPSA) is 46.5 Å². The van der Waals surface area contributed by atoms with Crippen LogP contribution in [0.15, 0.2) is 66.7 Å². The van der Waals surface area contributed by atoms with Gasteiger partial charge in [0.05, 0.1) is 5.92 Å². The minimum Gasteiger partial charge on any atom is -0.481 e. The summed E-state index contributed by atoms with van der Waals surface area (Å²) in [5.41, 5.74) is 4.10. The molecule has 136 valence electrons. The molecular weight excluding hydrogens is 360 g/mol. The van der Waals surface area contributed by atoms with E-state index in [1.165, 1.54) is 5.56 Å². The summed E-state index contributed by atoms with van der Waals surface area (Å²) >= 11 is 6.36. The van der Waals surface area contributed by atoms with Gasteiger partial charge in [-0.25, -0.2) is 0 Å². The van der Waals surface area contributed by atoms with E-state index in [-0.39, 0.29) is 5.92 Å². The molecule has 0 fully saturated rings. The van der Waals surface area contributed by atoms with E-state index in [0.29, 0.717) is 23.6 Å². The molecule has 1 atom stereocenters. The number of aliphatic carboxylic acids is 1. The van der Waals surface area contributed by atoms with Gasteiger partial charge in [0.1, 0.15) is 11.5 Å². The molecule has 27 heavy (non-hydrogen) atoms. The molecule has 3 aromatic rings.